The third kappa shape index (κ3) is 22.6. The van der Waals surface area contributed by atoms with E-state index in [1.807, 2.05) is 0 Å². The fourth-order valence-corrected chi connectivity index (χ4v) is 15.5. The van der Waals surface area contributed by atoms with Gasteiger partial charge in [0.2, 0.25) is 0 Å². The number of rotatable bonds is 50. The molecule has 0 aliphatic heterocycles. The standard InChI is InChI=1S/C70H116O16/c1-9-15-17-22-29-35-55-53(33-27-16-10-2)39-40-54(34-28-23-18-20-25-31-37-61(71)81-41-43-83-85-49-51(7)63-57-45-69(46-58(57)63,65(73)77-11-3)66(74)78-12-4)56(55)36-30-24-19-21-26-32-38-62(72)82-42-44-84-86-50-52(8)64-59-47-70(48-60(59)64,67(75)79-13-5)68(76)80-14-6/h53-60,63-64H,7-50H2,1-6H3. The SMILES string of the molecule is C=C(COOCCOC(=O)CCCCCCCCC1CCC(CCCCC)C(CCCCCCC)C1CCCCCCCCC(=O)OCCOOCC(=C)C1C2CC(C(=O)OCC)(C(=O)OCC)CC21)C1C2CC(C(=O)OCC)(C(=O)OCC)CC21. The van der Waals surface area contributed by atoms with Crippen molar-refractivity contribution < 1.29 is 76.7 Å². The molecular formula is C70H116O16. The molecule has 5 aliphatic carbocycles. The van der Waals surface area contributed by atoms with Crippen LogP contribution in [0.4, 0.5) is 0 Å². The van der Waals surface area contributed by atoms with E-state index in [2.05, 4.69) is 27.0 Å². The highest BCUT2D eigenvalue weighted by atomic mass is 17.2. The summed E-state index contributed by atoms with van der Waals surface area (Å²) in [4.78, 5) is 97.6. The third-order valence-electron chi connectivity index (χ3n) is 20.0. The Balaban J connectivity index is 0.898. The first-order valence-corrected chi connectivity index (χ1v) is 34.6. The second-order valence-corrected chi connectivity index (χ2v) is 25.9. The summed E-state index contributed by atoms with van der Waals surface area (Å²) >= 11 is 0. The molecule has 16 nitrogen and oxygen atoms in total. The average Bonchev–Trinajstić information content (AvgIpc) is 1.61. The van der Waals surface area contributed by atoms with Crippen molar-refractivity contribution in [2.45, 2.75) is 247 Å². The van der Waals surface area contributed by atoms with Crippen LogP contribution in [0.3, 0.4) is 0 Å². The van der Waals surface area contributed by atoms with Crippen molar-refractivity contribution in [2.24, 2.45) is 70.0 Å². The van der Waals surface area contributed by atoms with Gasteiger partial charge in [-0.2, -0.15) is 0 Å². The second kappa shape index (κ2) is 40.0. The van der Waals surface area contributed by atoms with Gasteiger partial charge in [-0.1, -0.05) is 155 Å². The molecule has 0 aromatic carbocycles. The van der Waals surface area contributed by atoms with E-state index in [1.54, 1.807) is 27.7 Å². The molecule has 0 aromatic rings. The van der Waals surface area contributed by atoms with E-state index in [-0.39, 0.29) is 114 Å². The molecule has 5 fully saturated rings. The Hall–Kier alpha value is -3.86. The molecule has 16 heteroatoms. The van der Waals surface area contributed by atoms with Gasteiger partial charge in [-0.3, -0.25) is 28.8 Å². The molecule has 0 N–H and O–H groups in total. The van der Waals surface area contributed by atoms with Crippen molar-refractivity contribution in [2.75, 3.05) is 66.1 Å². The summed E-state index contributed by atoms with van der Waals surface area (Å²) in [6, 6.07) is 0. The summed E-state index contributed by atoms with van der Waals surface area (Å²) in [6.07, 6.45) is 34.9. The van der Waals surface area contributed by atoms with E-state index >= 15 is 0 Å². The number of hydrogen-bond acceptors (Lipinski definition) is 16. The molecule has 5 aliphatic rings. The predicted molar refractivity (Wildman–Crippen MR) is 329 cm³/mol. The minimum Gasteiger partial charge on any atom is -0.465 e. The summed E-state index contributed by atoms with van der Waals surface area (Å²) in [5, 5.41) is 0. The Labute approximate surface area is 517 Å². The maximum absolute atomic E-state index is 12.8. The van der Waals surface area contributed by atoms with Crippen molar-refractivity contribution in [3.8, 4) is 0 Å². The lowest BCUT2D eigenvalue weighted by Gasteiger charge is -2.44. The van der Waals surface area contributed by atoms with Gasteiger partial charge in [-0.15, -0.1) is 0 Å². The smallest absolute Gasteiger partial charge is 0.323 e. The number of unbranched alkanes of at least 4 members (excludes halogenated alkanes) is 16. The maximum atomic E-state index is 12.8. The fraction of sp³-hybridized carbons (Fsp3) is 0.857. The number of ether oxygens (including phenoxy) is 6. The predicted octanol–water partition coefficient (Wildman–Crippen LogP) is 15.1. The minimum absolute atomic E-state index is 0.121. The van der Waals surface area contributed by atoms with Crippen LogP contribution in [0.25, 0.3) is 0 Å². The highest BCUT2D eigenvalue weighted by molar-refractivity contribution is 6.01. The Kier molecular flexibility index (Phi) is 33.9. The van der Waals surface area contributed by atoms with E-state index in [4.69, 9.17) is 48.0 Å². The quantitative estimate of drug-likeness (QED) is 0.0106. The summed E-state index contributed by atoms with van der Waals surface area (Å²) in [5.41, 5.74) is -0.740. The third-order valence-corrected chi connectivity index (χ3v) is 20.0. The molecule has 5 rings (SSSR count). The molecule has 8 atom stereocenters. The highest BCUT2D eigenvalue weighted by Crippen LogP contribution is 2.68. The largest absolute Gasteiger partial charge is 0.465 e. The minimum atomic E-state index is -1.23. The second-order valence-electron chi connectivity index (χ2n) is 25.9. The van der Waals surface area contributed by atoms with Gasteiger partial charge in [0.05, 0.1) is 26.4 Å². The Morgan fingerprint density at radius 2 is 0.663 bits per heavy atom. The Bertz CT molecular complexity index is 1990. The average molecular weight is 1210 g/mol. The van der Waals surface area contributed by atoms with Crippen LogP contribution in [0.5, 0.6) is 0 Å². The molecule has 0 bridgehead atoms. The van der Waals surface area contributed by atoms with Crippen LogP contribution in [-0.4, -0.2) is 102 Å². The van der Waals surface area contributed by atoms with E-state index < -0.39 is 34.7 Å². The van der Waals surface area contributed by atoms with Gasteiger partial charge < -0.3 is 28.4 Å². The van der Waals surface area contributed by atoms with Gasteiger partial charge in [0, 0.05) is 12.8 Å². The first-order chi connectivity index (χ1) is 41.8. The van der Waals surface area contributed by atoms with Gasteiger partial charge in [0.1, 0.15) is 39.6 Å². The number of carbonyl (C=O) groups is 6. The molecule has 0 spiro atoms. The summed E-state index contributed by atoms with van der Waals surface area (Å²) in [7, 11) is 0. The van der Waals surface area contributed by atoms with Crippen LogP contribution in [0.1, 0.15) is 247 Å². The topological polar surface area (TPSA) is 195 Å². The normalized spacial score (nSPS) is 24.7. The Morgan fingerprint density at radius 3 is 1.01 bits per heavy atom. The summed E-state index contributed by atoms with van der Waals surface area (Å²) in [6.45, 7) is 21.7. The number of carbonyl (C=O) groups excluding carboxylic acids is 6. The Morgan fingerprint density at radius 1 is 0.360 bits per heavy atom. The molecule has 0 aromatic heterocycles. The molecule has 86 heavy (non-hydrogen) atoms. The van der Waals surface area contributed by atoms with Gasteiger partial charge in [-0.25, -0.2) is 19.6 Å². The van der Waals surface area contributed by atoms with E-state index in [9.17, 15) is 28.8 Å². The van der Waals surface area contributed by atoms with Crippen molar-refractivity contribution in [3.63, 3.8) is 0 Å². The van der Waals surface area contributed by atoms with Gasteiger partial charge in [0.25, 0.3) is 0 Å². The first kappa shape index (κ1) is 72.9. The molecule has 492 valence electrons. The number of fused-ring (bicyclic) bond motifs is 2. The van der Waals surface area contributed by atoms with Gasteiger partial charge in [0.15, 0.2) is 10.8 Å². The number of hydrogen-bond donors (Lipinski definition) is 0. The fourth-order valence-electron chi connectivity index (χ4n) is 15.5. The first-order valence-electron chi connectivity index (χ1n) is 34.6. The van der Waals surface area contributed by atoms with Crippen LogP contribution < -0.4 is 0 Å². The lowest BCUT2D eigenvalue weighted by Crippen LogP contribution is -2.41. The highest BCUT2D eigenvalue weighted by Gasteiger charge is 2.69. The lowest BCUT2D eigenvalue weighted by molar-refractivity contribution is -0.292. The van der Waals surface area contributed by atoms with Crippen molar-refractivity contribution in [1.29, 1.82) is 0 Å². The molecule has 5 saturated carbocycles. The monoisotopic (exact) mass is 1210 g/mol. The van der Waals surface area contributed by atoms with E-state index in [0.29, 0.717) is 38.5 Å². The molecule has 0 amide bonds. The zero-order valence-electron chi connectivity index (χ0n) is 54.4. The van der Waals surface area contributed by atoms with Gasteiger partial charge in [-0.05, 0) is 162 Å². The molecule has 8 unspecified atom stereocenters. The maximum Gasteiger partial charge on any atom is 0.323 e. The zero-order valence-corrected chi connectivity index (χ0v) is 54.4. The molecular weight excluding hydrogens is 1100 g/mol. The zero-order chi connectivity index (χ0) is 62.2. The van der Waals surface area contributed by atoms with Crippen LogP contribution in [0.2, 0.25) is 0 Å². The van der Waals surface area contributed by atoms with Gasteiger partial charge >= 0.3 is 35.8 Å². The molecule has 0 heterocycles. The van der Waals surface area contributed by atoms with E-state index in [1.165, 1.54) is 128 Å². The van der Waals surface area contributed by atoms with Crippen molar-refractivity contribution >= 4 is 35.8 Å². The molecule has 0 radical (unpaired) electrons. The molecule has 0 saturated heterocycles. The van der Waals surface area contributed by atoms with Crippen LogP contribution in [0, 0.1) is 70.0 Å². The van der Waals surface area contributed by atoms with E-state index in [0.717, 1.165) is 73.3 Å². The van der Waals surface area contributed by atoms with Crippen molar-refractivity contribution in [1.82, 2.24) is 0 Å². The van der Waals surface area contributed by atoms with Crippen LogP contribution in [0.15, 0.2) is 24.3 Å². The number of esters is 6. The summed E-state index contributed by atoms with van der Waals surface area (Å²) < 4.78 is 31.9. The summed E-state index contributed by atoms with van der Waals surface area (Å²) in [5.74, 6) is 1.91. The van der Waals surface area contributed by atoms with Crippen molar-refractivity contribution in [3.05, 3.63) is 24.3 Å². The van der Waals surface area contributed by atoms with Crippen LogP contribution in [-0.2, 0) is 76.7 Å². The lowest BCUT2D eigenvalue weighted by atomic mass is 9.61. The van der Waals surface area contributed by atoms with Crippen LogP contribution >= 0.6 is 0 Å².